The Balaban J connectivity index is 2.23. The maximum Gasteiger partial charge on any atom is 0.324 e. The Hall–Kier alpha value is -1.98. The highest BCUT2D eigenvalue weighted by Crippen LogP contribution is 2.36. The average Bonchev–Trinajstić information content (AvgIpc) is 2.62. The van der Waals surface area contributed by atoms with Gasteiger partial charge in [0.15, 0.2) is 0 Å². The Kier molecular flexibility index (Phi) is 5.06. The first-order valence-corrected chi connectivity index (χ1v) is 10.9. The summed E-state index contributed by atoms with van der Waals surface area (Å²) in [7, 11) is -2.65. The van der Waals surface area contributed by atoms with Gasteiger partial charge in [-0.25, -0.2) is 9.97 Å². The first-order valence-electron chi connectivity index (χ1n) is 8.21. The van der Waals surface area contributed by atoms with Crippen LogP contribution in [0.15, 0.2) is 77.5 Å². The molecule has 0 aliphatic heterocycles. The number of rotatable bonds is 4. The number of nitrogens with zero attached hydrogens (tertiary/aromatic N) is 2. The van der Waals surface area contributed by atoms with Crippen molar-refractivity contribution in [3.63, 3.8) is 0 Å². The van der Waals surface area contributed by atoms with Gasteiger partial charge in [-0.1, -0.05) is 81.4 Å². The van der Waals surface area contributed by atoms with E-state index in [-0.39, 0.29) is 5.04 Å². The zero-order chi connectivity index (χ0) is 17.9. The molecule has 0 saturated heterocycles. The Morgan fingerprint density at radius 3 is 1.64 bits per heavy atom. The lowest BCUT2D eigenvalue weighted by Crippen LogP contribution is -2.69. The highest BCUT2D eigenvalue weighted by molar-refractivity contribution is 9.10. The van der Waals surface area contributed by atoms with Crippen LogP contribution in [-0.4, -0.2) is 18.3 Å². The fourth-order valence-corrected chi connectivity index (χ4v) is 7.65. The molecule has 5 heteroatoms. The molecule has 0 saturated carbocycles. The molecule has 0 aliphatic carbocycles. The highest BCUT2D eigenvalue weighted by Gasteiger charge is 2.52. The van der Waals surface area contributed by atoms with Crippen molar-refractivity contribution in [3.05, 3.63) is 77.5 Å². The molecular weight excluding hydrogens is 392 g/mol. The molecule has 0 atom stereocenters. The molecule has 1 aromatic heterocycles. The van der Waals surface area contributed by atoms with Crippen molar-refractivity contribution in [2.75, 3.05) is 0 Å². The summed E-state index contributed by atoms with van der Waals surface area (Å²) in [5, 5.41) is 2.31. The predicted molar refractivity (Wildman–Crippen MR) is 108 cm³/mol. The van der Waals surface area contributed by atoms with Crippen molar-refractivity contribution in [1.82, 2.24) is 9.97 Å². The summed E-state index contributed by atoms with van der Waals surface area (Å²) >= 11 is 3.39. The molecule has 2 aromatic carbocycles. The van der Waals surface area contributed by atoms with E-state index in [9.17, 15) is 0 Å². The molecule has 0 unspecified atom stereocenters. The van der Waals surface area contributed by atoms with Gasteiger partial charge in [-0.15, -0.1) is 0 Å². The van der Waals surface area contributed by atoms with Crippen molar-refractivity contribution in [2.24, 2.45) is 0 Å². The van der Waals surface area contributed by atoms with E-state index in [4.69, 9.17) is 4.43 Å². The summed E-state index contributed by atoms with van der Waals surface area (Å²) in [6.07, 6.45) is 3.44. The van der Waals surface area contributed by atoms with Gasteiger partial charge in [-0.3, -0.25) is 0 Å². The largest absolute Gasteiger partial charge is 0.507 e. The van der Waals surface area contributed by atoms with Gasteiger partial charge in [0.1, 0.15) is 0 Å². The molecule has 0 bridgehead atoms. The topological polar surface area (TPSA) is 35.0 Å². The maximum absolute atomic E-state index is 6.69. The third-order valence-corrected chi connectivity index (χ3v) is 9.56. The molecule has 1 heterocycles. The van der Waals surface area contributed by atoms with E-state index < -0.39 is 8.32 Å². The van der Waals surface area contributed by atoms with E-state index in [1.807, 2.05) is 12.1 Å². The van der Waals surface area contributed by atoms with E-state index in [1.54, 1.807) is 12.4 Å². The molecule has 0 aliphatic rings. The van der Waals surface area contributed by atoms with Crippen LogP contribution < -0.4 is 14.8 Å². The van der Waals surface area contributed by atoms with Crippen LogP contribution in [-0.2, 0) is 0 Å². The monoisotopic (exact) mass is 412 g/mol. The van der Waals surface area contributed by atoms with Gasteiger partial charge in [-0.05, 0) is 31.3 Å². The highest BCUT2D eigenvalue weighted by atomic mass is 79.9. The third kappa shape index (κ3) is 3.53. The number of halogens is 1. The standard InChI is InChI=1S/C20H21BrN2OSi/c1-20(2,3)25(17-10-6-4-7-11-17,18-12-8-5-9-13-18)24-19-22-14-16(21)15-23-19/h4-15H,1-3H3. The minimum Gasteiger partial charge on any atom is -0.507 e. The normalized spacial score (nSPS) is 12.0. The molecule has 0 amide bonds. The maximum atomic E-state index is 6.69. The van der Waals surface area contributed by atoms with Crippen molar-refractivity contribution in [1.29, 1.82) is 0 Å². The van der Waals surface area contributed by atoms with E-state index in [0.29, 0.717) is 6.01 Å². The molecule has 25 heavy (non-hydrogen) atoms. The Morgan fingerprint density at radius 2 is 1.24 bits per heavy atom. The molecule has 0 spiro atoms. The van der Waals surface area contributed by atoms with Gasteiger partial charge in [-0.2, -0.15) is 0 Å². The number of hydrogen-bond acceptors (Lipinski definition) is 3. The minimum absolute atomic E-state index is 0.105. The summed E-state index contributed by atoms with van der Waals surface area (Å²) in [5.41, 5.74) is 0. The lowest BCUT2D eigenvalue weighted by atomic mass is 10.2. The summed E-state index contributed by atoms with van der Waals surface area (Å²) in [5.74, 6) is 0. The molecule has 128 valence electrons. The Morgan fingerprint density at radius 1 is 0.800 bits per heavy atom. The second-order valence-corrected chi connectivity index (χ2v) is 12.1. The van der Waals surface area contributed by atoms with Gasteiger partial charge in [0, 0.05) is 12.4 Å². The van der Waals surface area contributed by atoms with Crippen molar-refractivity contribution in [2.45, 2.75) is 25.8 Å². The summed E-state index contributed by atoms with van der Waals surface area (Å²) in [6.45, 7) is 6.70. The lowest BCUT2D eigenvalue weighted by Gasteiger charge is -2.42. The van der Waals surface area contributed by atoms with Crippen LogP contribution in [0.4, 0.5) is 0 Å². The molecule has 3 nitrogen and oxygen atoms in total. The van der Waals surface area contributed by atoms with Crippen LogP contribution in [0, 0.1) is 0 Å². The van der Waals surface area contributed by atoms with Crippen LogP contribution in [0.5, 0.6) is 6.01 Å². The van der Waals surface area contributed by atoms with Gasteiger partial charge in [0.05, 0.1) is 4.47 Å². The molecule has 0 N–H and O–H groups in total. The minimum atomic E-state index is -2.65. The van der Waals surface area contributed by atoms with Crippen LogP contribution in [0.3, 0.4) is 0 Å². The first-order chi connectivity index (χ1) is 11.9. The summed E-state index contributed by atoms with van der Waals surface area (Å²) in [4.78, 5) is 8.76. The van der Waals surface area contributed by atoms with E-state index >= 15 is 0 Å². The predicted octanol–water partition coefficient (Wildman–Crippen LogP) is 4.18. The molecule has 0 radical (unpaired) electrons. The van der Waals surface area contributed by atoms with Gasteiger partial charge in [0.25, 0.3) is 0 Å². The third-order valence-electron chi connectivity index (χ3n) is 4.26. The zero-order valence-corrected chi connectivity index (χ0v) is 17.2. The lowest BCUT2D eigenvalue weighted by molar-refractivity contribution is 0.472. The zero-order valence-electron chi connectivity index (χ0n) is 14.6. The molecule has 3 aromatic rings. The summed E-state index contributed by atoms with van der Waals surface area (Å²) in [6, 6.07) is 21.4. The fourth-order valence-electron chi connectivity index (χ4n) is 3.14. The van der Waals surface area contributed by atoms with Crippen molar-refractivity contribution in [3.8, 4) is 6.01 Å². The van der Waals surface area contributed by atoms with Crippen LogP contribution in [0.1, 0.15) is 20.8 Å². The smallest absolute Gasteiger partial charge is 0.324 e. The van der Waals surface area contributed by atoms with E-state index in [1.165, 1.54) is 10.4 Å². The van der Waals surface area contributed by atoms with Crippen molar-refractivity contribution < 1.29 is 4.43 Å². The second-order valence-electron chi connectivity index (χ2n) is 6.95. The van der Waals surface area contributed by atoms with Crippen LogP contribution >= 0.6 is 15.9 Å². The van der Waals surface area contributed by atoms with Gasteiger partial charge >= 0.3 is 14.3 Å². The quantitative estimate of drug-likeness (QED) is 0.602. The SMILES string of the molecule is CC(C)(C)[Si](Oc1ncc(Br)cn1)(c1ccccc1)c1ccccc1. The number of hydrogen-bond donors (Lipinski definition) is 0. The van der Waals surface area contributed by atoms with Crippen molar-refractivity contribution >= 4 is 34.6 Å². The number of aromatic nitrogens is 2. The second kappa shape index (κ2) is 7.10. The van der Waals surface area contributed by atoms with E-state index in [0.717, 1.165) is 4.47 Å². The average molecular weight is 413 g/mol. The summed E-state index contributed by atoms with van der Waals surface area (Å²) < 4.78 is 7.52. The fraction of sp³-hybridized carbons (Fsp3) is 0.200. The Bertz CT molecular complexity index is 778. The molecular formula is C20H21BrN2OSi. The van der Waals surface area contributed by atoms with E-state index in [2.05, 4.69) is 95.2 Å². The Labute approximate surface area is 158 Å². The molecule has 0 fully saturated rings. The first kappa shape index (κ1) is 17.8. The van der Waals surface area contributed by atoms with Crippen LogP contribution in [0.2, 0.25) is 5.04 Å². The van der Waals surface area contributed by atoms with Gasteiger partial charge < -0.3 is 4.43 Å². The van der Waals surface area contributed by atoms with Crippen LogP contribution in [0.25, 0.3) is 0 Å². The number of benzene rings is 2. The molecule has 3 rings (SSSR count). The van der Waals surface area contributed by atoms with Gasteiger partial charge in [0.2, 0.25) is 0 Å².